The van der Waals surface area contributed by atoms with Gasteiger partial charge in [0.1, 0.15) is 30.5 Å². The first-order valence-corrected chi connectivity index (χ1v) is 13.1. The number of amides is 1. The van der Waals surface area contributed by atoms with Gasteiger partial charge in [-0.15, -0.1) is 0 Å². The highest BCUT2D eigenvalue weighted by molar-refractivity contribution is 5.67. The summed E-state index contributed by atoms with van der Waals surface area (Å²) in [7, 11) is 0. The summed E-state index contributed by atoms with van der Waals surface area (Å²) in [6, 6.07) is 19.2. The largest absolute Gasteiger partial charge is 0.445 e. The molecular formula is C29H37NO8. The van der Waals surface area contributed by atoms with E-state index in [0.717, 1.165) is 11.1 Å². The van der Waals surface area contributed by atoms with E-state index in [9.17, 15) is 9.90 Å². The number of ether oxygens (including phenoxy) is 6. The maximum absolute atomic E-state index is 13.3. The number of carbonyl (C=O) groups is 1. The van der Waals surface area contributed by atoms with Crippen molar-refractivity contribution >= 4 is 6.09 Å². The van der Waals surface area contributed by atoms with E-state index in [1.807, 2.05) is 74.5 Å². The molecule has 5 atom stereocenters. The molecule has 1 amide bonds. The molecule has 3 aliphatic heterocycles. The molecule has 0 aliphatic carbocycles. The average Bonchev–Trinajstić information content (AvgIpc) is 3.49. The SMILES string of the molecule is CC1(C)OC[C@H]([C@H]2O[C@@H]3OC(C)(C)O[C@@H]3[C@@]2(O)CCN(Cc2ccccc2)C(=O)OCc2ccccc2)O1. The van der Waals surface area contributed by atoms with Crippen molar-refractivity contribution in [3.05, 3.63) is 71.8 Å². The lowest BCUT2D eigenvalue weighted by molar-refractivity contribution is -0.249. The predicted molar refractivity (Wildman–Crippen MR) is 137 cm³/mol. The molecule has 5 rings (SSSR count). The van der Waals surface area contributed by atoms with E-state index in [1.165, 1.54) is 0 Å². The Morgan fingerprint density at radius 2 is 1.58 bits per heavy atom. The smallest absolute Gasteiger partial charge is 0.410 e. The van der Waals surface area contributed by atoms with E-state index in [4.69, 9.17) is 28.4 Å². The first kappa shape index (κ1) is 27.1. The number of fused-ring (bicyclic) bond motifs is 1. The van der Waals surface area contributed by atoms with Gasteiger partial charge in [-0.2, -0.15) is 0 Å². The minimum atomic E-state index is -1.50. The second kappa shape index (κ2) is 10.6. The zero-order valence-electron chi connectivity index (χ0n) is 22.4. The Balaban J connectivity index is 1.34. The first-order chi connectivity index (χ1) is 18.0. The van der Waals surface area contributed by atoms with Crippen LogP contribution in [0.3, 0.4) is 0 Å². The van der Waals surface area contributed by atoms with Gasteiger partial charge in [-0.3, -0.25) is 0 Å². The predicted octanol–water partition coefficient (Wildman–Crippen LogP) is 3.97. The lowest BCUT2D eigenvalue weighted by atomic mass is 9.86. The third-order valence-electron chi connectivity index (χ3n) is 7.15. The van der Waals surface area contributed by atoms with Crippen molar-refractivity contribution < 1.29 is 38.3 Å². The molecule has 0 aromatic heterocycles. The summed E-state index contributed by atoms with van der Waals surface area (Å²) >= 11 is 0. The normalized spacial score (nSPS) is 31.2. The van der Waals surface area contributed by atoms with Crippen LogP contribution in [-0.2, 0) is 41.6 Å². The molecule has 0 bridgehead atoms. The van der Waals surface area contributed by atoms with Crippen molar-refractivity contribution in [3.8, 4) is 0 Å². The third-order valence-corrected chi connectivity index (χ3v) is 7.15. The summed E-state index contributed by atoms with van der Waals surface area (Å²) in [5, 5.41) is 12.1. The van der Waals surface area contributed by atoms with Gasteiger partial charge in [-0.25, -0.2) is 4.79 Å². The molecule has 3 heterocycles. The first-order valence-electron chi connectivity index (χ1n) is 13.1. The number of benzene rings is 2. The Hall–Kier alpha value is -2.53. The number of hydrogen-bond donors (Lipinski definition) is 1. The topological polar surface area (TPSA) is 95.9 Å². The van der Waals surface area contributed by atoms with Crippen LogP contribution in [0.1, 0.15) is 45.2 Å². The fourth-order valence-electron chi connectivity index (χ4n) is 5.31. The monoisotopic (exact) mass is 527 g/mol. The fraction of sp³-hybridized carbons (Fsp3) is 0.552. The minimum absolute atomic E-state index is 0.152. The van der Waals surface area contributed by atoms with Gasteiger partial charge in [-0.1, -0.05) is 60.7 Å². The van der Waals surface area contributed by atoms with Gasteiger partial charge in [0.25, 0.3) is 0 Å². The molecule has 0 spiro atoms. The summed E-state index contributed by atoms with van der Waals surface area (Å²) < 4.78 is 35.7. The summed E-state index contributed by atoms with van der Waals surface area (Å²) in [4.78, 5) is 14.9. The quantitative estimate of drug-likeness (QED) is 0.551. The average molecular weight is 528 g/mol. The summed E-state index contributed by atoms with van der Waals surface area (Å²) in [6.45, 7) is 8.14. The highest BCUT2D eigenvalue weighted by Crippen LogP contribution is 2.47. The summed E-state index contributed by atoms with van der Waals surface area (Å²) in [5.74, 6) is -1.72. The Labute approximate surface area is 223 Å². The third kappa shape index (κ3) is 5.88. The summed E-state index contributed by atoms with van der Waals surface area (Å²) in [6.07, 6.45) is -3.13. The molecule has 2 aromatic carbocycles. The van der Waals surface area contributed by atoms with E-state index in [1.54, 1.807) is 18.7 Å². The number of carbonyl (C=O) groups excluding carboxylic acids is 1. The molecule has 3 fully saturated rings. The number of aliphatic hydroxyl groups is 1. The lowest BCUT2D eigenvalue weighted by Crippen LogP contribution is -2.55. The van der Waals surface area contributed by atoms with Crippen molar-refractivity contribution in [1.29, 1.82) is 0 Å². The van der Waals surface area contributed by atoms with E-state index in [0.29, 0.717) is 6.54 Å². The number of nitrogens with zero attached hydrogens (tertiary/aromatic N) is 1. The molecule has 0 radical (unpaired) electrons. The van der Waals surface area contributed by atoms with Gasteiger partial charge in [0.15, 0.2) is 17.9 Å². The molecule has 9 heteroatoms. The molecule has 3 aliphatic rings. The van der Waals surface area contributed by atoms with Crippen molar-refractivity contribution in [3.63, 3.8) is 0 Å². The molecular weight excluding hydrogens is 490 g/mol. The standard InChI is InChI=1S/C29H37NO8/c1-27(2)34-19-22(36-27)23-29(32,24-25(35-23)38-28(3,4)37-24)15-16-30(17-20-11-7-5-8-12-20)26(31)33-18-21-13-9-6-10-14-21/h5-14,22-25,32H,15-19H2,1-4H3/t22-,23-,24+,25-,29-/m1/s1. The molecule has 206 valence electrons. The van der Waals surface area contributed by atoms with Crippen molar-refractivity contribution in [2.75, 3.05) is 13.2 Å². The fourth-order valence-corrected chi connectivity index (χ4v) is 5.31. The zero-order valence-corrected chi connectivity index (χ0v) is 22.4. The van der Waals surface area contributed by atoms with Crippen molar-refractivity contribution in [2.45, 2.75) is 89.0 Å². The van der Waals surface area contributed by atoms with Crippen LogP contribution in [-0.4, -0.2) is 71.0 Å². The van der Waals surface area contributed by atoms with Crippen molar-refractivity contribution in [1.82, 2.24) is 4.90 Å². The Kier molecular flexibility index (Phi) is 7.52. The van der Waals surface area contributed by atoms with Gasteiger partial charge in [-0.05, 0) is 45.2 Å². The number of hydrogen-bond acceptors (Lipinski definition) is 8. The highest BCUT2D eigenvalue weighted by atomic mass is 16.8. The van der Waals surface area contributed by atoms with E-state index >= 15 is 0 Å². The number of rotatable bonds is 8. The highest BCUT2D eigenvalue weighted by Gasteiger charge is 2.65. The van der Waals surface area contributed by atoms with Crippen LogP contribution in [0.5, 0.6) is 0 Å². The Bertz CT molecular complexity index is 1090. The van der Waals surface area contributed by atoms with Crippen LogP contribution in [0.4, 0.5) is 4.79 Å². The van der Waals surface area contributed by atoms with Gasteiger partial charge < -0.3 is 38.4 Å². The molecule has 9 nitrogen and oxygen atoms in total. The summed E-state index contributed by atoms with van der Waals surface area (Å²) in [5.41, 5.74) is 0.344. The maximum atomic E-state index is 13.3. The lowest BCUT2D eigenvalue weighted by Gasteiger charge is -2.37. The Morgan fingerprint density at radius 3 is 2.21 bits per heavy atom. The van der Waals surface area contributed by atoms with E-state index < -0.39 is 47.9 Å². The van der Waals surface area contributed by atoms with Crippen molar-refractivity contribution in [2.24, 2.45) is 0 Å². The van der Waals surface area contributed by atoms with Crippen LogP contribution in [0.15, 0.2) is 60.7 Å². The minimum Gasteiger partial charge on any atom is -0.445 e. The Morgan fingerprint density at radius 1 is 0.921 bits per heavy atom. The van der Waals surface area contributed by atoms with Crippen LogP contribution in [0.25, 0.3) is 0 Å². The molecule has 0 unspecified atom stereocenters. The molecule has 1 N–H and O–H groups in total. The molecule has 3 saturated heterocycles. The van der Waals surface area contributed by atoms with Crippen LogP contribution < -0.4 is 0 Å². The maximum Gasteiger partial charge on any atom is 0.410 e. The second-order valence-corrected chi connectivity index (χ2v) is 11.0. The van der Waals surface area contributed by atoms with Gasteiger partial charge >= 0.3 is 6.09 Å². The van der Waals surface area contributed by atoms with E-state index in [-0.39, 0.29) is 26.2 Å². The van der Waals surface area contributed by atoms with Gasteiger partial charge in [0.2, 0.25) is 0 Å². The molecule has 0 saturated carbocycles. The second-order valence-electron chi connectivity index (χ2n) is 11.0. The van der Waals surface area contributed by atoms with Crippen LogP contribution in [0.2, 0.25) is 0 Å². The molecule has 38 heavy (non-hydrogen) atoms. The van der Waals surface area contributed by atoms with Gasteiger partial charge in [0.05, 0.1) is 6.61 Å². The molecule has 2 aromatic rings. The van der Waals surface area contributed by atoms with Gasteiger partial charge in [0, 0.05) is 13.1 Å². The van der Waals surface area contributed by atoms with Crippen LogP contribution in [0, 0.1) is 0 Å². The van der Waals surface area contributed by atoms with E-state index in [2.05, 4.69) is 0 Å². The zero-order chi connectivity index (χ0) is 27.0. The van der Waals surface area contributed by atoms with Crippen LogP contribution >= 0.6 is 0 Å².